The van der Waals surface area contributed by atoms with Crippen LogP contribution in [-0.2, 0) is 0 Å². The number of aromatic nitrogens is 1. The third kappa shape index (κ3) is 1.74. The number of allylic oxidation sites excluding steroid dienone is 1. The van der Waals surface area contributed by atoms with Gasteiger partial charge in [0.15, 0.2) is 0 Å². The molecule has 2 heterocycles. The molecule has 0 bridgehead atoms. The zero-order valence-electron chi connectivity index (χ0n) is 8.57. The third-order valence-corrected chi connectivity index (χ3v) is 2.34. The molecule has 72 valence electrons. The monoisotopic (exact) mass is 186 g/mol. The Kier molecular flexibility index (Phi) is 2.44. The van der Waals surface area contributed by atoms with Crippen molar-refractivity contribution in [1.29, 1.82) is 0 Å². The van der Waals surface area contributed by atoms with Crippen LogP contribution < -0.4 is 0 Å². The minimum Gasteiger partial charge on any atom is -0.268 e. The number of hydrogen-bond donors (Lipinski definition) is 0. The first kappa shape index (κ1) is 9.13. The van der Waals surface area contributed by atoms with Crippen LogP contribution in [0.3, 0.4) is 0 Å². The maximum atomic E-state index is 4.61. The van der Waals surface area contributed by atoms with Crippen molar-refractivity contribution in [2.45, 2.75) is 26.2 Å². The summed E-state index contributed by atoms with van der Waals surface area (Å²) in [6.45, 7) is 4.32. The van der Waals surface area contributed by atoms with E-state index in [1.165, 1.54) is 5.57 Å². The molecule has 0 amide bonds. The molecule has 1 aromatic heterocycles. The SMILES string of the molecule is CC(C)c1cccc(C2=CN=CC2)n1. The van der Waals surface area contributed by atoms with Crippen molar-refractivity contribution in [3.8, 4) is 0 Å². The number of hydrogen-bond acceptors (Lipinski definition) is 2. The van der Waals surface area contributed by atoms with Crippen LogP contribution in [-0.4, -0.2) is 11.2 Å². The maximum Gasteiger partial charge on any atom is 0.0684 e. The lowest BCUT2D eigenvalue weighted by Gasteiger charge is -2.06. The molecule has 0 spiro atoms. The Balaban J connectivity index is 2.31. The van der Waals surface area contributed by atoms with Gasteiger partial charge in [-0.2, -0.15) is 0 Å². The van der Waals surface area contributed by atoms with E-state index in [1.54, 1.807) is 0 Å². The Morgan fingerprint density at radius 3 is 2.79 bits per heavy atom. The number of aliphatic imine (C=N–C) groups is 1. The van der Waals surface area contributed by atoms with E-state index < -0.39 is 0 Å². The lowest BCUT2D eigenvalue weighted by atomic mass is 10.1. The van der Waals surface area contributed by atoms with Crippen molar-refractivity contribution >= 4 is 11.8 Å². The van der Waals surface area contributed by atoms with E-state index in [0.29, 0.717) is 5.92 Å². The highest BCUT2D eigenvalue weighted by molar-refractivity contribution is 5.83. The van der Waals surface area contributed by atoms with Crippen LogP contribution in [0.2, 0.25) is 0 Å². The van der Waals surface area contributed by atoms with Gasteiger partial charge in [-0.15, -0.1) is 0 Å². The normalized spacial score (nSPS) is 14.9. The smallest absolute Gasteiger partial charge is 0.0684 e. The summed E-state index contributed by atoms with van der Waals surface area (Å²) in [5.74, 6) is 0.484. The highest BCUT2D eigenvalue weighted by atomic mass is 14.8. The molecule has 2 nitrogen and oxygen atoms in total. The van der Waals surface area contributed by atoms with Gasteiger partial charge in [0.2, 0.25) is 0 Å². The van der Waals surface area contributed by atoms with Crippen LogP contribution >= 0.6 is 0 Å². The zero-order chi connectivity index (χ0) is 9.97. The molecule has 2 heteroatoms. The summed E-state index contributed by atoms with van der Waals surface area (Å²) >= 11 is 0. The first-order valence-electron chi connectivity index (χ1n) is 4.95. The largest absolute Gasteiger partial charge is 0.268 e. The van der Waals surface area contributed by atoms with Crippen LogP contribution in [0.4, 0.5) is 0 Å². The number of pyridine rings is 1. The standard InChI is InChI=1S/C12H14N2/c1-9(2)11-4-3-5-12(14-11)10-6-7-13-8-10/h3-5,7-9H,6H2,1-2H3. The van der Waals surface area contributed by atoms with Crippen LogP contribution in [0.1, 0.15) is 37.6 Å². The van der Waals surface area contributed by atoms with E-state index in [9.17, 15) is 0 Å². The van der Waals surface area contributed by atoms with Crippen molar-refractivity contribution in [2.24, 2.45) is 4.99 Å². The maximum absolute atomic E-state index is 4.61. The van der Waals surface area contributed by atoms with Gasteiger partial charge in [-0.3, -0.25) is 9.98 Å². The fraction of sp³-hybridized carbons (Fsp3) is 0.333. The summed E-state index contributed by atoms with van der Waals surface area (Å²) in [5, 5.41) is 0. The molecular weight excluding hydrogens is 172 g/mol. The highest BCUT2D eigenvalue weighted by Crippen LogP contribution is 2.21. The van der Waals surface area contributed by atoms with E-state index in [0.717, 1.165) is 17.8 Å². The molecule has 0 aliphatic carbocycles. The third-order valence-electron chi connectivity index (χ3n) is 2.34. The highest BCUT2D eigenvalue weighted by Gasteiger charge is 2.07. The number of rotatable bonds is 2. The van der Waals surface area contributed by atoms with E-state index in [2.05, 4.69) is 36.0 Å². The van der Waals surface area contributed by atoms with Gasteiger partial charge in [-0.1, -0.05) is 19.9 Å². The molecule has 14 heavy (non-hydrogen) atoms. The first-order chi connectivity index (χ1) is 6.77. The molecule has 0 aromatic carbocycles. The fourth-order valence-corrected chi connectivity index (χ4v) is 1.47. The topological polar surface area (TPSA) is 25.2 Å². The molecular formula is C12H14N2. The predicted octanol–water partition coefficient (Wildman–Crippen LogP) is 3.02. The molecule has 1 aliphatic rings. The Morgan fingerprint density at radius 1 is 1.29 bits per heavy atom. The quantitative estimate of drug-likeness (QED) is 0.697. The van der Waals surface area contributed by atoms with Crippen LogP contribution in [0.25, 0.3) is 5.57 Å². The lowest BCUT2D eigenvalue weighted by Crippen LogP contribution is -1.96. The predicted molar refractivity (Wildman–Crippen MR) is 59.4 cm³/mol. The van der Waals surface area contributed by atoms with Crippen molar-refractivity contribution in [3.05, 3.63) is 35.8 Å². The van der Waals surface area contributed by atoms with E-state index in [1.807, 2.05) is 18.5 Å². The summed E-state index contributed by atoms with van der Waals surface area (Å²) < 4.78 is 0. The van der Waals surface area contributed by atoms with Gasteiger partial charge >= 0.3 is 0 Å². The average molecular weight is 186 g/mol. The Morgan fingerprint density at radius 2 is 2.14 bits per heavy atom. The van der Waals surface area contributed by atoms with Gasteiger partial charge in [0, 0.05) is 30.1 Å². The summed E-state index contributed by atoms with van der Waals surface area (Å²) in [6.07, 6.45) is 4.72. The average Bonchev–Trinajstić information content (AvgIpc) is 2.71. The Labute approximate surface area is 84.4 Å². The van der Waals surface area contributed by atoms with Gasteiger partial charge in [-0.25, -0.2) is 0 Å². The van der Waals surface area contributed by atoms with Gasteiger partial charge in [0.05, 0.1) is 5.69 Å². The molecule has 0 saturated carbocycles. The second kappa shape index (κ2) is 3.74. The summed E-state index contributed by atoms with van der Waals surface area (Å²) in [7, 11) is 0. The van der Waals surface area contributed by atoms with Gasteiger partial charge in [0.25, 0.3) is 0 Å². The summed E-state index contributed by atoms with van der Waals surface area (Å²) in [4.78, 5) is 8.69. The van der Waals surface area contributed by atoms with Crippen molar-refractivity contribution in [2.75, 3.05) is 0 Å². The minimum absolute atomic E-state index is 0.484. The molecule has 0 saturated heterocycles. The molecule has 2 rings (SSSR count). The first-order valence-corrected chi connectivity index (χ1v) is 4.95. The summed E-state index contributed by atoms with van der Waals surface area (Å²) in [6, 6.07) is 6.19. The van der Waals surface area contributed by atoms with Gasteiger partial charge in [0.1, 0.15) is 0 Å². The van der Waals surface area contributed by atoms with Crippen molar-refractivity contribution in [3.63, 3.8) is 0 Å². The lowest BCUT2D eigenvalue weighted by molar-refractivity contribution is 0.820. The Hall–Kier alpha value is -1.44. The van der Waals surface area contributed by atoms with Crippen LogP contribution in [0.15, 0.2) is 29.4 Å². The second-order valence-corrected chi connectivity index (χ2v) is 3.79. The minimum atomic E-state index is 0.484. The molecule has 0 radical (unpaired) electrons. The molecule has 0 N–H and O–H groups in total. The van der Waals surface area contributed by atoms with Crippen molar-refractivity contribution < 1.29 is 0 Å². The Bertz CT molecular complexity index is 389. The van der Waals surface area contributed by atoms with Crippen LogP contribution in [0, 0.1) is 0 Å². The van der Waals surface area contributed by atoms with Gasteiger partial charge < -0.3 is 0 Å². The molecule has 0 atom stereocenters. The van der Waals surface area contributed by atoms with Gasteiger partial charge in [-0.05, 0) is 18.1 Å². The molecule has 1 aliphatic heterocycles. The van der Waals surface area contributed by atoms with Crippen molar-refractivity contribution in [1.82, 2.24) is 4.98 Å². The van der Waals surface area contributed by atoms with E-state index in [-0.39, 0.29) is 0 Å². The summed E-state index contributed by atoms with van der Waals surface area (Å²) in [5.41, 5.74) is 3.43. The molecule has 0 unspecified atom stereocenters. The molecule has 0 fully saturated rings. The fourth-order valence-electron chi connectivity index (χ4n) is 1.47. The van der Waals surface area contributed by atoms with Crippen LogP contribution in [0.5, 0.6) is 0 Å². The zero-order valence-corrected chi connectivity index (χ0v) is 8.57. The van der Waals surface area contributed by atoms with E-state index >= 15 is 0 Å². The molecule has 1 aromatic rings. The van der Waals surface area contributed by atoms with E-state index in [4.69, 9.17) is 0 Å². The number of nitrogens with zero attached hydrogens (tertiary/aromatic N) is 2. The second-order valence-electron chi connectivity index (χ2n) is 3.79.